The highest BCUT2D eigenvalue weighted by atomic mass is 19.1. The summed E-state index contributed by atoms with van der Waals surface area (Å²) in [6.07, 6.45) is 2.75. The molecule has 9 heteroatoms. The number of benzene rings is 1. The number of aryl methyl sites for hydroxylation is 2. The molecule has 0 aliphatic rings. The first-order valence-electron chi connectivity index (χ1n) is 7.42. The Morgan fingerprint density at radius 1 is 1.28 bits per heavy atom. The van der Waals surface area contributed by atoms with Crippen molar-refractivity contribution in [3.8, 4) is 0 Å². The monoisotopic (exact) mass is 346 g/mol. The number of nitrogen functional groups attached to an aromatic ring is 1. The van der Waals surface area contributed by atoms with Crippen LogP contribution in [0, 0.1) is 18.6 Å². The molecule has 0 unspecified atom stereocenters. The van der Waals surface area contributed by atoms with Crippen molar-refractivity contribution in [3.63, 3.8) is 0 Å². The van der Waals surface area contributed by atoms with Crippen molar-refractivity contribution in [2.45, 2.75) is 13.5 Å². The minimum absolute atomic E-state index is 0.103. The van der Waals surface area contributed by atoms with Crippen molar-refractivity contribution in [1.29, 1.82) is 0 Å². The molecule has 0 bridgehead atoms. The molecule has 3 aromatic rings. The van der Waals surface area contributed by atoms with Gasteiger partial charge in [-0.1, -0.05) is 0 Å². The minimum Gasteiger partial charge on any atom is -0.368 e. The third-order valence-corrected chi connectivity index (χ3v) is 3.95. The summed E-state index contributed by atoms with van der Waals surface area (Å²) in [5.74, 6) is -1.18. The molecule has 0 fully saturated rings. The molecule has 4 N–H and O–H groups in total. The summed E-state index contributed by atoms with van der Waals surface area (Å²) >= 11 is 0. The first-order valence-corrected chi connectivity index (χ1v) is 7.42. The topological polar surface area (TPSA) is 97.9 Å². The molecule has 0 saturated heterocycles. The van der Waals surface area contributed by atoms with Gasteiger partial charge in [-0.15, -0.1) is 0 Å². The van der Waals surface area contributed by atoms with Crippen LogP contribution < -0.4 is 16.4 Å². The predicted molar refractivity (Wildman–Crippen MR) is 89.9 cm³/mol. The number of hydrogen-bond donors (Lipinski definition) is 3. The van der Waals surface area contributed by atoms with Gasteiger partial charge in [0.1, 0.15) is 11.6 Å². The number of hydrogen-bond acceptors (Lipinski definition) is 4. The van der Waals surface area contributed by atoms with E-state index in [-0.39, 0.29) is 12.5 Å². The van der Waals surface area contributed by atoms with Gasteiger partial charge in [0.15, 0.2) is 0 Å². The first-order chi connectivity index (χ1) is 11.9. The van der Waals surface area contributed by atoms with Crippen LogP contribution in [0.4, 0.5) is 25.2 Å². The fourth-order valence-corrected chi connectivity index (χ4v) is 2.73. The van der Waals surface area contributed by atoms with Crippen molar-refractivity contribution in [2.75, 3.05) is 11.1 Å². The Labute approximate surface area is 141 Å². The average Bonchev–Trinajstić information content (AvgIpc) is 2.79. The molecule has 0 spiro atoms. The van der Waals surface area contributed by atoms with Crippen LogP contribution in [0.15, 0.2) is 24.5 Å². The van der Waals surface area contributed by atoms with Gasteiger partial charge < -0.3 is 20.9 Å². The SMILES string of the molecule is Cc1c(CNC(=O)Nc2cnc(N)nc2)n(C)c2c(F)cc(F)cc12. The Morgan fingerprint density at radius 3 is 2.64 bits per heavy atom. The number of halogens is 2. The lowest BCUT2D eigenvalue weighted by molar-refractivity contribution is 0.251. The second kappa shape index (κ2) is 6.34. The standard InChI is InChI=1S/C16H16F2N6O/c1-8-11-3-9(17)4-12(18)14(11)24(2)13(8)7-22-16(25)23-10-5-20-15(19)21-6-10/h3-6H,7H2,1-2H3,(H2,19,20,21)(H2,22,23,25). The van der Waals surface area contributed by atoms with Crippen LogP contribution in [0.1, 0.15) is 11.3 Å². The zero-order chi connectivity index (χ0) is 18.1. The number of fused-ring (bicyclic) bond motifs is 1. The maximum absolute atomic E-state index is 14.0. The summed E-state index contributed by atoms with van der Waals surface area (Å²) in [6, 6.07) is 1.64. The normalized spacial score (nSPS) is 10.9. The first kappa shape index (κ1) is 16.6. The zero-order valence-electron chi connectivity index (χ0n) is 13.6. The van der Waals surface area contributed by atoms with E-state index in [0.29, 0.717) is 27.8 Å². The molecular formula is C16H16F2N6O. The van der Waals surface area contributed by atoms with E-state index >= 15 is 0 Å². The van der Waals surface area contributed by atoms with Crippen LogP contribution in [0.2, 0.25) is 0 Å². The Bertz CT molecular complexity index is 952. The zero-order valence-corrected chi connectivity index (χ0v) is 13.6. The van der Waals surface area contributed by atoms with Crippen LogP contribution in [-0.2, 0) is 13.6 Å². The fourth-order valence-electron chi connectivity index (χ4n) is 2.73. The van der Waals surface area contributed by atoms with Gasteiger partial charge in [0.2, 0.25) is 5.95 Å². The highest BCUT2D eigenvalue weighted by molar-refractivity contribution is 5.89. The highest BCUT2D eigenvalue weighted by Crippen LogP contribution is 2.27. The number of carbonyl (C=O) groups excluding carboxylic acids is 1. The number of amides is 2. The van der Waals surface area contributed by atoms with Crippen molar-refractivity contribution >= 4 is 28.6 Å². The van der Waals surface area contributed by atoms with Gasteiger partial charge in [-0.3, -0.25) is 0 Å². The van der Waals surface area contributed by atoms with E-state index in [0.717, 1.165) is 6.07 Å². The summed E-state index contributed by atoms with van der Waals surface area (Å²) < 4.78 is 29.1. The summed E-state index contributed by atoms with van der Waals surface area (Å²) in [6.45, 7) is 1.89. The van der Waals surface area contributed by atoms with E-state index < -0.39 is 17.7 Å². The second-order valence-electron chi connectivity index (χ2n) is 5.55. The number of anilines is 2. The van der Waals surface area contributed by atoms with E-state index in [1.807, 2.05) is 0 Å². The lowest BCUT2D eigenvalue weighted by Crippen LogP contribution is -2.29. The molecule has 2 aromatic heterocycles. The van der Waals surface area contributed by atoms with Crippen molar-refractivity contribution in [3.05, 3.63) is 47.4 Å². The highest BCUT2D eigenvalue weighted by Gasteiger charge is 2.17. The lowest BCUT2D eigenvalue weighted by atomic mass is 10.1. The van der Waals surface area contributed by atoms with Crippen LogP contribution in [0.5, 0.6) is 0 Å². The third-order valence-electron chi connectivity index (χ3n) is 3.95. The number of aromatic nitrogens is 3. The summed E-state index contributed by atoms with van der Waals surface area (Å²) in [5.41, 5.74) is 7.42. The van der Waals surface area contributed by atoms with Gasteiger partial charge in [0.05, 0.1) is 30.1 Å². The van der Waals surface area contributed by atoms with Crippen LogP contribution in [-0.4, -0.2) is 20.6 Å². The fraction of sp³-hybridized carbons (Fsp3) is 0.188. The number of rotatable bonds is 3. The largest absolute Gasteiger partial charge is 0.368 e. The van der Waals surface area contributed by atoms with Gasteiger partial charge in [-0.05, 0) is 18.6 Å². The number of nitrogens with zero attached hydrogens (tertiary/aromatic N) is 3. The number of urea groups is 1. The molecule has 1 aromatic carbocycles. The Balaban J connectivity index is 1.78. The smallest absolute Gasteiger partial charge is 0.319 e. The van der Waals surface area contributed by atoms with E-state index in [1.165, 1.54) is 18.5 Å². The number of nitrogens with two attached hydrogens (primary N) is 1. The van der Waals surface area contributed by atoms with Gasteiger partial charge in [0.25, 0.3) is 0 Å². The third kappa shape index (κ3) is 3.21. The summed E-state index contributed by atoms with van der Waals surface area (Å²) in [5, 5.41) is 5.70. The molecule has 0 aliphatic carbocycles. The Morgan fingerprint density at radius 2 is 1.96 bits per heavy atom. The Hall–Kier alpha value is -3.23. The molecule has 0 aliphatic heterocycles. The molecule has 0 atom stereocenters. The number of carbonyl (C=O) groups is 1. The van der Waals surface area contributed by atoms with Crippen molar-refractivity contribution in [2.24, 2.45) is 7.05 Å². The lowest BCUT2D eigenvalue weighted by Gasteiger charge is -2.09. The quantitative estimate of drug-likeness (QED) is 0.678. The summed E-state index contributed by atoms with van der Waals surface area (Å²) in [4.78, 5) is 19.5. The maximum atomic E-state index is 14.0. The molecular weight excluding hydrogens is 330 g/mol. The predicted octanol–water partition coefficient (Wildman–Crippen LogP) is 2.46. The average molecular weight is 346 g/mol. The second-order valence-corrected chi connectivity index (χ2v) is 5.55. The van der Waals surface area contributed by atoms with Gasteiger partial charge in [-0.2, -0.15) is 0 Å². The maximum Gasteiger partial charge on any atom is 0.319 e. The molecule has 130 valence electrons. The molecule has 0 radical (unpaired) electrons. The van der Waals surface area contributed by atoms with Crippen LogP contribution in [0.3, 0.4) is 0 Å². The van der Waals surface area contributed by atoms with E-state index in [9.17, 15) is 13.6 Å². The molecule has 2 heterocycles. The molecule has 2 amide bonds. The van der Waals surface area contributed by atoms with Crippen molar-refractivity contribution < 1.29 is 13.6 Å². The van der Waals surface area contributed by atoms with Crippen LogP contribution >= 0.6 is 0 Å². The van der Waals surface area contributed by atoms with E-state index in [4.69, 9.17) is 5.73 Å². The minimum atomic E-state index is -0.643. The molecule has 25 heavy (non-hydrogen) atoms. The Kier molecular flexibility index (Phi) is 4.22. The van der Waals surface area contributed by atoms with E-state index in [2.05, 4.69) is 20.6 Å². The molecule has 3 rings (SSSR count). The van der Waals surface area contributed by atoms with Gasteiger partial charge in [0, 0.05) is 24.2 Å². The molecule has 7 nitrogen and oxygen atoms in total. The molecule has 0 saturated carbocycles. The van der Waals surface area contributed by atoms with Gasteiger partial charge >= 0.3 is 6.03 Å². The van der Waals surface area contributed by atoms with E-state index in [1.54, 1.807) is 18.5 Å². The van der Waals surface area contributed by atoms with Crippen LogP contribution in [0.25, 0.3) is 10.9 Å². The summed E-state index contributed by atoms with van der Waals surface area (Å²) in [7, 11) is 1.67. The van der Waals surface area contributed by atoms with Gasteiger partial charge in [-0.25, -0.2) is 23.5 Å². The number of nitrogens with one attached hydrogen (secondary N) is 2. The van der Waals surface area contributed by atoms with Crippen molar-refractivity contribution in [1.82, 2.24) is 19.9 Å².